The van der Waals surface area contributed by atoms with Gasteiger partial charge in [-0.2, -0.15) is 0 Å². The second-order valence-corrected chi connectivity index (χ2v) is 5.08. The van der Waals surface area contributed by atoms with E-state index >= 15 is 0 Å². The molecule has 0 spiro atoms. The van der Waals surface area contributed by atoms with Gasteiger partial charge in [0.1, 0.15) is 5.75 Å². The number of hydrogen-bond donors (Lipinski definition) is 2. The zero-order chi connectivity index (χ0) is 17.5. The highest BCUT2D eigenvalue weighted by atomic mass is 16.5. The van der Waals surface area contributed by atoms with Gasteiger partial charge in [0.05, 0.1) is 0 Å². The molecule has 0 unspecified atom stereocenters. The average Bonchev–Trinajstić information content (AvgIpc) is 2.60. The molecule has 2 aromatic carbocycles. The van der Waals surface area contributed by atoms with Gasteiger partial charge in [0.15, 0.2) is 12.4 Å². The Hall–Kier alpha value is -3.15. The molecule has 3 N–H and O–H groups in total. The highest BCUT2D eigenvalue weighted by molar-refractivity contribution is 5.96. The lowest BCUT2D eigenvalue weighted by atomic mass is 10.1. The maximum absolute atomic E-state index is 11.8. The Morgan fingerprint density at radius 3 is 2.08 bits per heavy atom. The largest absolute Gasteiger partial charge is 0.484 e. The molecular formula is C18H18N2O4. The number of carbonyl (C=O) groups excluding carboxylic acids is 3. The molecule has 0 bridgehead atoms. The minimum atomic E-state index is -0.527. The molecule has 0 saturated carbocycles. The Morgan fingerprint density at radius 2 is 1.54 bits per heavy atom. The molecule has 2 rings (SSSR count). The Kier molecular flexibility index (Phi) is 5.68. The minimum absolute atomic E-state index is 0.0544. The van der Waals surface area contributed by atoms with Crippen LogP contribution in [0.3, 0.4) is 0 Å². The molecule has 0 aliphatic rings. The number of nitrogens with two attached hydrogens (primary N) is 1. The van der Waals surface area contributed by atoms with Crippen LogP contribution < -0.4 is 15.8 Å². The van der Waals surface area contributed by atoms with E-state index in [9.17, 15) is 14.4 Å². The van der Waals surface area contributed by atoms with Gasteiger partial charge in [0, 0.05) is 23.2 Å². The van der Waals surface area contributed by atoms with E-state index in [-0.39, 0.29) is 18.3 Å². The fraction of sp³-hybridized carbons (Fsp3) is 0.167. The van der Waals surface area contributed by atoms with Crippen LogP contribution in [0.25, 0.3) is 0 Å². The quantitative estimate of drug-likeness (QED) is 0.763. The molecule has 0 saturated heterocycles. The Morgan fingerprint density at radius 1 is 0.958 bits per heavy atom. The molecule has 0 aromatic heterocycles. The van der Waals surface area contributed by atoms with Crippen molar-refractivity contribution >= 4 is 23.3 Å². The average molecular weight is 326 g/mol. The minimum Gasteiger partial charge on any atom is -0.484 e. The fourth-order valence-corrected chi connectivity index (χ4v) is 2.00. The van der Waals surface area contributed by atoms with Gasteiger partial charge in [0.2, 0.25) is 5.91 Å². The Balaban J connectivity index is 1.86. The lowest BCUT2D eigenvalue weighted by Gasteiger charge is -2.08. The summed E-state index contributed by atoms with van der Waals surface area (Å²) >= 11 is 0. The summed E-state index contributed by atoms with van der Waals surface area (Å²) in [5.74, 6) is -0.308. The normalized spacial score (nSPS) is 10.0. The number of anilines is 1. The predicted molar refractivity (Wildman–Crippen MR) is 90.1 cm³/mol. The molecule has 2 aromatic rings. The summed E-state index contributed by atoms with van der Waals surface area (Å²) in [4.78, 5) is 34.3. The van der Waals surface area contributed by atoms with Crippen molar-refractivity contribution in [3.05, 3.63) is 59.7 Å². The number of carbonyl (C=O) groups is 3. The van der Waals surface area contributed by atoms with E-state index < -0.39 is 5.91 Å². The van der Waals surface area contributed by atoms with E-state index in [1.165, 1.54) is 12.1 Å². The van der Waals surface area contributed by atoms with Crippen molar-refractivity contribution in [2.75, 3.05) is 11.9 Å². The number of ether oxygens (including phenoxy) is 1. The zero-order valence-corrected chi connectivity index (χ0v) is 13.2. The van der Waals surface area contributed by atoms with E-state index in [2.05, 4.69) is 5.32 Å². The fourth-order valence-electron chi connectivity index (χ4n) is 2.00. The Labute approximate surface area is 139 Å². The summed E-state index contributed by atoms with van der Waals surface area (Å²) in [5.41, 5.74) is 6.67. The molecule has 6 heteroatoms. The molecule has 2 amide bonds. The lowest BCUT2D eigenvalue weighted by molar-refractivity contribution is -0.118. The molecule has 0 heterocycles. The SMILES string of the molecule is CCC(=O)c1ccc(OCC(=O)Nc2ccc(C(N)=O)cc2)cc1. The van der Waals surface area contributed by atoms with Crippen molar-refractivity contribution in [1.82, 2.24) is 0 Å². The molecule has 0 aliphatic heterocycles. The van der Waals surface area contributed by atoms with E-state index in [0.29, 0.717) is 29.0 Å². The first-order chi connectivity index (χ1) is 11.5. The van der Waals surface area contributed by atoms with Gasteiger partial charge in [-0.1, -0.05) is 6.92 Å². The summed E-state index contributed by atoms with van der Waals surface area (Å²) in [6, 6.07) is 12.9. The van der Waals surface area contributed by atoms with Gasteiger partial charge in [-0.3, -0.25) is 14.4 Å². The third-order valence-corrected chi connectivity index (χ3v) is 3.32. The molecule has 0 atom stereocenters. The monoisotopic (exact) mass is 326 g/mol. The van der Waals surface area contributed by atoms with Crippen molar-refractivity contribution < 1.29 is 19.1 Å². The first-order valence-corrected chi connectivity index (χ1v) is 7.45. The van der Waals surface area contributed by atoms with Gasteiger partial charge in [0.25, 0.3) is 5.91 Å². The molecule has 0 fully saturated rings. The van der Waals surface area contributed by atoms with Crippen LogP contribution in [0.1, 0.15) is 34.1 Å². The van der Waals surface area contributed by atoms with Crippen LogP contribution in [0.15, 0.2) is 48.5 Å². The molecule has 24 heavy (non-hydrogen) atoms. The van der Waals surface area contributed by atoms with Gasteiger partial charge in [-0.05, 0) is 48.5 Å². The molecule has 6 nitrogen and oxygen atoms in total. The number of rotatable bonds is 7. The number of ketones is 1. The van der Waals surface area contributed by atoms with Crippen molar-refractivity contribution in [2.24, 2.45) is 5.73 Å². The maximum atomic E-state index is 11.8. The maximum Gasteiger partial charge on any atom is 0.262 e. The third-order valence-electron chi connectivity index (χ3n) is 3.32. The van der Waals surface area contributed by atoms with Gasteiger partial charge >= 0.3 is 0 Å². The lowest BCUT2D eigenvalue weighted by Crippen LogP contribution is -2.20. The molecule has 0 radical (unpaired) electrons. The van der Waals surface area contributed by atoms with Crippen molar-refractivity contribution in [3.63, 3.8) is 0 Å². The van der Waals surface area contributed by atoms with E-state index in [1.54, 1.807) is 43.3 Å². The van der Waals surface area contributed by atoms with Crippen LogP contribution in [0.2, 0.25) is 0 Å². The second kappa shape index (κ2) is 7.92. The van der Waals surface area contributed by atoms with Crippen LogP contribution in [0.4, 0.5) is 5.69 Å². The predicted octanol–water partition coefficient (Wildman–Crippen LogP) is 2.40. The summed E-state index contributed by atoms with van der Waals surface area (Å²) in [6.07, 6.45) is 0.442. The van der Waals surface area contributed by atoms with Crippen molar-refractivity contribution in [3.8, 4) is 5.75 Å². The van der Waals surface area contributed by atoms with Crippen LogP contribution in [0.5, 0.6) is 5.75 Å². The Bertz CT molecular complexity index is 737. The second-order valence-electron chi connectivity index (χ2n) is 5.08. The van der Waals surface area contributed by atoms with Gasteiger partial charge < -0.3 is 15.8 Å². The molecule has 124 valence electrons. The highest BCUT2D eigenvalue weighted by Gasteiger charge is 2.06. The number of nitrogens with one attached hydrogen (secondary N) is 1. The number of Topliss-reactive ketones (excluding diaryl/α,β-unsaturated/α-hetero) is 1. The van der Waals surface area contributed by atoms with Gasteiger partial charge in [-0.25, -0.2) is 0 Å². The van der Waals surface area contributed by atoms with Crippen LogP contribution >= 0.6 is 0 Å². The van der Waals surface area contributed by atoms with E-state index in [0.717, 1.165) is 0 Å². The summed E-state index contributed by atoms with van der Waals surface area (Å²) in [6.45, 7) is 1.63. The smallest absolute Gasteiger partial charge is 0.262 e. The first kappa shape index (κ1) is 17.2. The standard InChI is InChI=1S/C18H18N2O4/c1-2-16(21)12-5-9-15(10-6-12)24-11-17(22)20-14-7-3-13(4-8-14)18(19)23/h3-10H,2,11H2,1H3,(H2,19,23)(H,20,22). The third kappa shape index (κ3) is 4.67. The van der Waals surface area contributed by atoms with Crippen LogP contribution in [0, 0.1) is 0 Å². The number of amides is 2. The van der Waals surface area contributed by atoms with Crippen LogP contribution in [-0.2, 0) is 4.79 Å². The number of hydrogen-bond acceptors (Lipinski definition) is 4. The summed E-state index contributed by atoms with van der Waals surface area (Å²) in [7, 11) is 0. The highest BCUT2D eigenvalue weighted by Crippen LogP contribution is 2.14. The van der Waals surface area contributed by atoms with Crippen LogP contribution in [-0.4, -0.2) is 24.2 Å². The summed E-state index contributed by atoms with van der Waals surface area (Å²) < 4.78 is 5.37. The van der Waals surface area contributed by atoms with E-state index in [1.807, 2.05) is 0 Å². The molecule has 0 aliphatic carbocycles. The number of primary amides is 1. The molecular weight excluding hydrogens is 308 g/mol. The first-order valence-electron chi connectivity index (χ1n) is 7.45. The van der Waals surface area contributed by atoms with Crippen molar-refractivity contribution in [2.45, 2.75) is 13.3 Å². The topological polar surface area (TPSA) is 98.5 Å². The zero-order valence-electron chi connectivity index (χ0n) is 13.2. The van der Waals surface area contributed by atoms with E-state index in [4.69, 9.17) is 10.5 Å². The number of benzene rings is 2. The van der Waals surface area contributed by atoms with Gasteiger partial charge in [-0.15, -0.1) is 0 Å². The van der Waals surface area contributed by atoms with Crippen molar-refractivity contribution in [1.29, 1.82) is 0 Å². The summed E-state index contributed by atoms with van der Waals surface area (Å²) in [5, 5.41) is 2.65.